The summed E-state index contributed by atoms with van der Waals surface area (Å²) < 4.78 is 0. The summed E-state index contributed by atoms with van der Waals surface area (Å²) in [5, 5.41) is 0. The lowest BCUT2D eigenvalue weighted by Crippen LogP contribution is -2.32. The lowest BCUT2D eigenvalue weighted by molar-refractivity contribution is -0.119. The van der Waals surface area contributed by atoms with Gasteiger partial charge in [-0.1, -0.05) is 84.9 Å². The molecule has 1 amide bonds. The minimum absolute atomic E-state index is 0.252. The van der Waals surface area contributed by atoms with E-state index in [1.807, 2.05) is 42.5 Å². The maximum atomic E-state index is 12.4. The molecule has 0 bridgehead atoms. The van der Waals surface area contributed by atoms with E-state index in [2.05, 4.69) is 61.2 Å². The third-order valence-corrected chi connectivity index (χ3v) is 5.66. The van der Waals surface area contributed by atoms with Crippen LogP contribution in [0.5, 0.6) is 0 Å². The van der Waals surface area contributed by atoms with Crippen LogP contribution in [0.3, 0.4) is 0 Å². The quantitative estimate of drug-likeness (QED) is 0.480. The van der Waals surface area contributed by atoms with E-state index >= 15 is 0 Å². The van der Waals surface area contributed by atoms with Gasteiger partial charge in [0.15, 0.2) is 0 Å². The van der Waals surface area contributed by atoms with Crippen LogP contribution < -0.4 is 5.73 Å². The summed E-state index contributed by atoms with van der Waals surface area (Å²) in [4.78, 5) is 14.8. The summed E-state index contributed by atoms with van der Waals surface area (Å²) in [5.41, 5.74) is 10.4. The zero-order valence-electron chi connectivity index (χ0n) is 18.0. The zero-order valence-corrected chi connectivity index (χ0v) is 18.0. The maximum absolute atomic E-state index is 12.4. The molecule has 0 radical (unpaired) electrons. The summed E-state index contributed by atoms with van der Waals surface area (Å²) in [5.74, 6) is -0.537. The Labute approximate surface area is 180 Å². The van der Waals surface area contributed by atoms with Crippen LogP contribution in [0, 0.1) is 0 Å². The van der Waals surface area contributed by atoms with E-state index in [1.54, 1.807) is 0 Å². The highest BCUT2D eigenvalue weighted by Gasteiger charge is 2.22. The molecular weight excluding hydrogens is 368 g/mol. The normalized spacial score (nSPS) is 12.3. The first-order chi connectivity index (χ1) is 14.6. The first kappa shape index (κ1) is 21.8. The first-order valence-corrected chi connectivity index (χ1v) is 10.8. The molecule has 0 aliphatic heterocycles. The Morgan fingerprint density at radius 3 is 2.10 bits per heavy atom. The van der Waals surface area contributed by atoms with Crippen LogP contribution in [0.4, 0.5) is 0 Å². The fraction of sp³-hybridized carbons (Fsp3) is 0.296. The van der Waals surface area contributed by atoms with E-state index in [4.69, 9.17) is 5.73 Å². The average Bonchev–Trinajstić information content (AvgIpc) is 2.77. The Morgan fingerprint density at radius 2 is 1.47 bits per heavy atom. The highest BCUT2D eigenvalue weighted by Crippen LogP contribution is 2.32. The van der Waals surface area contributed by atoms with Crippen LogP contribution in [0.15, 0.2) is 84.9 Å². The predicted molar refractivity (Wildman–Crippen MR) is 125 cm³/mol. The van der Waals surface area contributed by atoms with Gasteiger partial charge in [-0.25, -0.2) is 0 Å². The smallest absolute Gasteiger partial charge is 0.224 e. The Balaban J connectivity index is 1.72. The highest BCUT2D eigenvalue weighted by molar-refractivity contribution is 5.85. The van der Waals surface area contributed by atoms with Gasteiger partial charge >= 0.3 is 0 Å². The van der Waals surface area contributed by atoms with Crippen molar-refractivity contribution >= 4 is 5.91 Å². The number of nitrogens with zero attached hydrogens (tertiary/aromatic N) is 1. The average molecular weight is 401 g/mol. The van der Waals surface area contributed by atoms with E-state index < -0.39 is 0 Å². The minimum Gasteiger partial charge on any atom is -0.369 e. The molecule has 3 rings (SSSR count). The molecule has 0 aromatic heterocycles. The number of rotatable bonds is 10. The number of nitrogens with two attached hydrogens (primary N) is 1. The Kier molecular flexibility index (Phi) is 7.81. The fourth-order valence-corrected chi connectivity index (χ4v) is 3.97. The summed E-state index contributed by atoms with van der Waals surface area (Å²) in [7, 11) is 0. The third-order valence-electron chi connectivity index (χ3n) is 5.66. The molecule has 3 nitrogen and oxygen atoms in total. The molecular formula is C27H32N2O. The van der Waals surface area contributed by atoms with Crippen molar-refractivity contribution in [2.45, 2.75) is 45.2 Å². The van der Waals surface area contributed by atoms with Gasteiger partial charge in [-0.05, 0) is 55.5 Å². The summed E-state index contributed by atoms with van der Waals surface area (Å²) in [6.45, 7) is 6.29. The summed E-state index contributed by atoms with van der Waals surface area (Å²) in [6.07, 6.45) is 1.67. The lowest BCUT2D eigenvalue weighted by Gasteiger charge is -2.27. The van der Waals surface area contributed by atoms with Crippen LogP contribution in [-0.2, 0) is 11.3 Å². The van der Waals surface area contributed by atoms with Crippen molar-refractivity contribution in [1.29, 1.82) is 0 Å². The Bertz CT molecular complexity index is 922. The Morgan fingerprint density at radius 1 is 0.867 bits per heavy atom. The molecule has 0 aliphatic carbocycles. The molecule has 30 heavy (non-hydrogen) atoms. The number of amides is 1. The number of primary amides is 1. The molecule has 0 saturated carbocycles. The van der Waals surface area contributed by atoms with Gasteiger partial charge in [0, 0.05) is 12.6 Å². The van der Waals surface area contributed by atoms with E-state index in [0.29, 0.717) is 6.04 Å². The van der Waals surface area contributed by atoms with Gasteiger partial charge in [-0.3, -0.25) is 9.69 Å². The number of benzene rings is 3. The van der Waals surface area contributed by atoms with Crippen molar-refractivity contribution < 1.29 is 4.79 Å². The van der Waals surface area contributed by atoms with Gasteiger partial charge in [0.1, 0.15) is 0 Å². The van der Waals surface area contributed by atoms with E-state index in [0.717, 1.165) is 42.6 Å². The van der Waals surface area contributed by atoms with Crippen molar-refractivity contribution in [2.24, 2.45) is 5.73 Å². The van der Waals surface area contributed by atoms with Crippen molar-refractivity contribution in [3.63, 3.8) is 0 Å². The second-order valence-corrected chi connectivity index (χ2v) is 8.10. The van der Waals surface area contributed by atoms with Gasteiger partial charge in [-0.15, -0.1) is 0 Å². The van der Waals surface area contributed by atoms with Gasteiger partial charge in [0.05, 0.1) is 5.92 Å². The second kappa shape index (κ2) is 10.7. The topological polar surface area (TPSA) is 46.3 Å². The molecule has 2 N–H and O–H groups in total. The van der Waals surface area contributed by atoms with Crippen LogP contribution in [0.25, 0.3) is 11.1 Å². The van der Waals surface area contributed by atoms with Gasteiger partial charge < -0.3 is 5.73 Å². The molecule has 0 saturated heterocycles. The van der Waals surface area contributed by atoms with Crippen molar-refractivity contribution in [3.05, 3.63) is 96.1 Å². The third kappa shape index (κ3) is 5.80. The molecule has 3 aromatic carbocycles. The van der Waals surface area contributed by atoms with Crippen LogP contribution in [-0.4, -0.2) is 23.4 Å². The standard InChI is InChI=1S/C27H32N2O/c1-21(2)29(20-22-12-5-3-6-13-22)19-11-18-26(27(28)30)25-17-10-9-16-24(25)23-14-7-4-8-15-23/h3-10,12-17,21,26H,11,18-20H2,1-2H3,(H2,28,30). The second-order valence-electron chi connectivity index (χ2n) is 8.10. The molecule has 0 fully saturated rings. The van der Waals surface area contributed by atoms with Gasteiger partial charge in [-0.2, -0.15) is 0 Å². The summed E-state index contributed by atoms with van der Waals surface area (Å²) in [6, 6.07) is 29.3. The zero-order chi connectivity index (χ0) is 21.3. The first-order valence-electron chi connectivity index (χ1n) is 10.8. The number of hydrogen-bond acceptors (Lipinski definition) is 2. The number of hydrogen-bond donors (Lipinski definition) is 1. The fourth-order valence-electron chi connectivity index (χ4n) is 3.97. The van der Waals surface area contributed by atoms with Crippen LogP contribution in [0.2, 0.25) is 0 Å². The molecule has 0 aliphatic rings. The van der Waals surface area contributed by atoms with Gasteiger partial charge in [0.25, 0.3) is 0 Å². The highest BCUT2D eigenvalue weighted by atomic mass is 16.1. The van der Waals surface area contributed by atoms with E-state index in [1.165, 1.54) is 5.56 Å². The maximum Gasteiger partial charge on any atom is 0.224 e. The largest absolute Gasteiger partial charge is 0.369 e. The summed E-state index contributed by atoms with van der Waals surface area (Å²) >= 11 is 0. The van der Waals surface area contributed by atoms with Crippen molar-refractivity contribution in [1.82, 2.24) is 4.90 Å². The molecule has 156 valence electrons. The molecule has 3 aromatic rings. The number of carbonyl (C=O) groups excluding carboxylic acids is 1. The Hall–Kier alpha value is -2.91. The lowest BCUT2D eigenvalue weighted by atomic mass is 9.87. The SMILES string of the molecule is CC(C)N(CCCC(C(N)=O)c1ccccc1-c1ccccc1)Cc1ccccc1. The van der Waals surface area contributed by atoms with Gasteiger partial charge in [0.2, 0.25) is 5.91 Å². The monoisotopic (exact) mass is 400 g/mol. The van der Waals surface area contributed by atoms with Crippen LogP contribution in [0.1, 0.15) is 43.7 Å². The predicted octanol–water partition coefficient (Wildman–Crippen LogP) is 5.61. The molecule has 1 atom stereocenters. The molecule has 0 heterocycles. The van der Waals surface area contributed by atoms with Crippen LogP contribution >= 0.6 is 0 Å². The molecule has 3 heteroatoms. The minimum atomic E-state index is -0.285. The molecule has 0 spiro atoms. The van der Waals surface area contributed by atoms with E-state index in [-0.39, 0.29) is 11.8 Å². The molecule has 1 unspecified atom stereocenters. The van der Waals surface area contributed by atoms with Crippen molar-refractivity contribution in [2.75, 3.05) is 6.54 Å². The number of carbonyl (C=O) groups is 1. The van der Waals surface area contributed by atoms with E-state index in [9.17, 15) is 4.79 Å². The van der Waals surface area contributed by atoms with Crippen molar-refractivity contribution in [3.8, 4) is 11.1 Å².